The summed E-state index contributed by atoms with van der Waals surface area (Å²) in [7, 11) is 0. The van der Waals surface area contributed by atoms with Crippen LogP contribution in [0.25, 0.3) is 0 Å². The molecule has 0 atom stereocenters. The van der Waals surface area contributed by atoms with E-state index in [1.807, 2.05) is 6.07 Å². The van der Waals surface area contributed by atoms with E-state index >= 15 is 0 Å². The molecule has 0 aliphatic heterocycles. The molecule has 0 saturated heterocycles. The summed E-state index contributed by atoms with van der Waals surface area (Å²) in [5, 5.41) is 2.84. The van der Waals surface area contributed by atoms with Crippen LogP contribution in [-0.4, -0.2) is 15.9 Å². The average molecular weight is 328 g/mol. The summed E-state index contributed by atoms with van der Waals surface area (Å²) in [5.74, 6) is 0.854. The number of carbonyl (C=O) groups excluding carboxylic acids is 1. The van der Waals surface area contributed by atoms with Gasteiger partial charge >= 0.3 is 0 Å². The van der Waals surface area contributed by atoms with Gasteiger partial charge in [0.1, 0.15) is 5.82 Å². The first-order valence-corrected chi connectivity index (χ1v) is 7.34. The number of imidazole rings is 1. The Balaban J connectivity index is 1.63. The largest absolute Gasteiger partial charge is 0.349 e. The molecule has 0 spiro atoms. The zero-order valence-electron chi connectivity index (χ0n) is 9.78. The topological polar surface area (TPSA) is 57.8 Å². The van der Waals surface area contributed by atoms with E-state index < -0.39 is 0 Å². The number of nitrogens with one attached hydrogen (secondary N) is 2. The Morgan fingerprint density at radius 2 is 2.39 bits per heavy atom. The molecule has 6 heteroatoms. The molecule has 0 unspecified atom stereocenters. The van der Waals surface area contributed by atoms with Gasteiger partial charge in [-0.05, 0) is 40.9 Å². The molecule has 2 aromatic heterocycles. The first kappa shape index (κ1) is 13.3. The summed E-state index contributed by atoms with van der Waals surface area (Å²) in [5.41, 5.74) is 0. The molecule has 0 aromatic carbocycles. The number of hydrogen-bond donors (Lipinski definition) is 2. The lowest BCUT2D eigenvalue weighted by Crippen LogP contribution is -2.23. The smallest absolute Gasteiger partial charge is 0.220 e. The van der Waals surface area contributed by atoms with Crippen LogP contribution in [-0.2, 0) is 17.8 Å². The van der Waals surface area contributed by atoms with E-state index in [4.69, 9.17) is 0 Å². The van der Waals surface area contributed by atoms with Crippen molar-refractivity contribution in [1.82, 2.24) is 15.3 Å². The monoisotopic (exact) mass is 327 g/mol. The van der Waals surface area contributed by atoms with Crippen LogP contribution in [0.15, 0.2) is 28.3 Å². The number of rotatable bonds is 6. The van der Waals surface area contributed by atoms with Gasteiger partial charge in [0.2, 0.25) is 5.91 Å². The third-order valence-electron chi connectivity index (χ3n) is 2.46. The maximum Gasteiger partial charge on any atom is 0.220 e. The highest BCUT2D eigenvalue weighted by Crippen LogP contribution is 2.23. The van der Waals surface area contributed by atoms with Crippen LogP contribution in [0.5, 0.6) is 0 Å². The third-order valence-corrected chi connectivity index (χ3v) is 4.15. The fourth-order valence-electron chi connectivity index (χ4n) is 1.57. The number of aromatic amines is 1. The predicted molar refractivity (Wildman–Crippen MR) is 75.4 cm³/mol. The van der Waals surface area contributed by atoms with Crippen molar-refractivity contribution in [3.63, 3.8) is 0 Å². The number of carbonyl (C=O) groups is 1. The molecule has 0 aliphatic carbocycles. The molecule has 2 N–H and O–H groups in total. The van der Waals surface area contributed by atoms with E-state index in [1.165, 1.54) is 4.88 Å². The Morgan fingerprint density at radius 1 is 1.50 bits per heavy atom. The minimum atomic E-state index is 0.0713. The number of thiophene rings is 1. The molecule has 0 saturated carbocycles. The Morgan fingerprint density at radius 3 is 3.06 bits per heavy atom. The van der Waals surface area contributed by atoms with E-state index in [0.717, 1.165) is 22.5 Å². The summed E-state index contributed by atoms with van der Waals surface area (Å²) in [6.45, 7) is 0.469. The highest BCUT2D eigenvalue weighted by atomic mass is 79.9. The van der Waals surface area contributed by atoms with Gasteiger partial charge in [-0.15, -0.1) is 11.3 Å². The second kappa shape index (κ2) is 6.70. The van der Waals surface area contributed by atoms with E-state index in [9.17, 15) is 4.79 Å². The van der Waals surface area contributed by atoms with Gasteiger partial charge in [-0.1, -0.05) is 0 Å². The molecular formula is C12H14BrN3OS. The standard InChI is InChI=1S/C12H14BrN3OS/c13-10-5-4-9(18-10)2-1-3-12(17)16-8-11-14-6-7-15-11/h4-7H,1-3,8H2,(H,14,15)(H,16,17). The zero-order chi connectivity index (χ0) is 12.8. The number of aryl methyl sites for hydroxylation is 1. The van der Waals surface area contributed by atoms with Crippen LogP contribution in [0.2, 0.25) is 0 Å². The lowest BCUT2D eigenvalue weighted by atomic mass is 10.2. The summed E-state index contributed by atoms with van der Waals surface area (Å²) in [6, 6.07) is 4.13. The molecule has 96 valence electrons. The highest BCUT2D eigenvalue weighted by molar-refractivity contribution is 9.11. The van der Waals surface area contributed by atoms with Gasteiger partial charge in [0.25, 0.3) is 0 Å². The SMILES string of the molecule is O=C(CCCc1ccc(Br)s1)NCc1ncc[nH]1. The van der Waals surface area contributed by atoms with Crippen molar-refractivity contribution >= 4 is 33.2 Å². The van der Waals surface area contributed by atoms with Crippen molar-refractivity contribution in [2.75, 3.05) is 0 Å². The van der Waals surface area contributed by atoms with Crippen LogP contribution in [0, 0.1) is 0 Å². The van der Waals surface area contributed by atoms with E-state index in [2.05, 4.69) is 37.3 Å². The summed E-state index contributed by atoms with van der Waals surface area (Å²) in [4.78, 5) is 19.9. The number of halogens is 1. The van der Waals surface area contributed by atoms with Crippen LogP contribution >= 0.6 is 27.3 Å². The van der Waals surface area contributed by atoms with Gasteiger partial charge in [0, 0.05) is 23.7 Å². The van der Waals surface area contributed by atoms with Gasteiger partial charge in [-0.2, -0.15) is 0 Å². The van der Waals surface area contributed by atoms with Crippen molar-refractivity contribution in [2.45, 2.75) is 25.8 Å². The highest BCUT2D eigenvalue weighted by Gasteiger charge is 2.03. The Labute approximate surface area is 118 Å². The molecule has 2 heterocycles. The Hall–Kier alpha value is -1.14. The van der Waals surface area contributed by atoms with E-state index in [-0.39, 0.29) is 5.91 Å². The van der Waals surface area contributed by atoms with E-state index in [0.29, 0.717) is 13.0 Å². The molecule has 0 radical (unpaired) electrons. The normalized spacial score (nSPS) is 10.5. The third kappa shape index (κ3) is 4.27. The van der Waals surface area contributed by atoms with E-state index in [1.54, 1.807) is 23.7 Å². The fraction of sp³-hybridized carbons (Fsp3) is 0.333. The fourth-order valence-corrected chi connectivity index (χ4v) is 3.10. The van der Waals surface area contributed by atoms with Gasteiger partial charge in [-0.25, -0.2) is 4.98 Å². The van der Waals surface area contributed by atoms with Crippen molar-refractivity contribution in [2.24, 2.45) is 0 Å². The first-order chi connectivity index (χ1) is 8.74. The second-order valence-electron chi connectivity index (χ2n) is 3.87. The number of hydrogen-bond acceptors (Lipinski definition) is 3. The van der Waals surface area contributed by atoms with Crippen LogP contribution in [0.4, 0.5) is 0 Å². The molecule has 0 aliphatic rings. The lowest BCUT2D eigenvalue weighted by molar-refractivity contribution is -0.121. The minimum absolute atomic E-state index is 0.0713. The second-order valence-corrected chi connectivity index (χ2v) is 6.42. The number of H-pyrrole nitrogens is 1. The maximum atomic E-state index is 11.6. The molecule has 0 fully saturated rings. The van der Waals surface area contributed by atoms with Crippen LogP contribution < -0.4 is 5.32 Å². The van der Waals surface area contributed by atoms with Crippen LogP contribution in [0.3, 0.4) is 0 Å². The molecule has 2 rings (SSSR count). The molecule has 18 heavy (non-hydrogen) atoms. The molecule has 4 nitrogen and oxygen atoms in total. The van der Waals surface area contributed by atoms with Crippen molar-refractivity contribution < 1.29 is 4.79 Å². The van der Waals surface area contributed by atoms with Crippen LogP contribution in [0.1, 0.15) is 23.5 Å². The van der Waals surface area contributed by atoms with Crippen molar-refractivity contribution in [3.05, 3.63) is 39.0 Å². The summed E-state index contributed by atoms with van der Waals surface area (Å²) < 4.78 is 1.14. The quantitative estimate of drug-likeness (QED) is 0.857. The average Bonchev–Trinajstić information content (AvgIpc) is 2.98. The summed E-state index contributed by atoms with van der Waals surface area (Å²) >= 11 is 5.15. The molecule has 0 bridgehead atoms. The number of nitrogens with zero attached hydrogens (tertiary/aromatic N) is 1. The zero-order valence-corrected chi connectivity index (χ0v) is 12.2. The lowest BCUT2D eigenvalue weighted by Gasteiger charge is -2.02. The number of aromatic nitrogens is 2. The van der Waals surface area contributed by atoms with Gasteiger partial charge in [0.05, 0.1) is 10.3 Å². The predicted octanol–water partition coefficient (Wildman–Crippen LogP) is 2.87. The summed E-state index contributed by atoms with van der Waals surface area (Å²) in [6.07, 6.45) is 5.80. The first-order valence-electron chi connectivity index (χ1n) is 5.73. The molecular weight excluding hydrogens is 314 g/mol. The number of amides is 1. The minimum Gasteiger partial charge on any atom is -0.349 e. The van der Waals surface area contributed by atoms with Gasteiger partial charge < -0.3 is 10.3 Å². The molecule has 1 amide bonds. The van der Waals surface area contributed by atoms with Crippen molar-refractivity contribution in [3.8, 4) is 0 Å². The van der Waals surface area contributed by atoms with Gasteiger partial charge in [-0.3, -0.25) is 4.79 Å². The molecule has 2 aromatic rings. The van der Waals surface area contributed by atoms with Crippen molar-refractivity contribution in [1.29, 1.82) is 0 Å². The Bertz CT molecular complexity index is 495. The maximum absolute atomic E-state index is 11.6. The van der Waals surface area contributed by atoms with Gasteiger partial charge in [0.15, 0.2) is 0 Å². The Kier molecular flexibility index (Phi) is 4.95.